The average molecular weight is 306 g/mol. The van der Waals surface area contributed by atoms with Crippen LogP contribution in [0.4, 0.5) is 0 Å². The van der Waals surface area contributed by atoms with Gasteiger partial charge in [-0.2, -0.15) is 0 Å². The molecule has 0 spiro atoms. The van der Waals surface area contributed by atoms with E-state index in [9.17, 15) is 9.90 Å². The lowest BCUT2D eigenvalue weighted by molar-refractivity contribution is -0.137. The first kappa shape index (κ1) is 16.7. The number of hydrogen-bond acceptors (Lipinski definition) is 3. The van der Waals surface area contributed by atoms with Crippen LogP contribution in [0.25, 0.3) is 0 Å². The molecule has 0 heterocycles. The number of carboxylic acids is 1. The molecule has 1 aliphatic rings. The normalized spacial score (nSPS) is 16.2. The van der Waals surface area contributed by atoms with Gasteiger partial charge in [0.2, 0.25) is 0 Å². The summed E-state index contributed by atoms with van der Waals surface area (Å²) in [5, 5.41) is 9.27. The topological polar surface area (TPSA) is 55.8 Å². The summed E-state index contributed by atoms with van der Waals surface area (Å²) >= 11 is 0. The fourth-order valence-electron chi connectivity index (χ4n) is 2.92. The molecule has 122 valence electrons. The van der Waals surface area contributed by atoms with Crippen LogP contribution in [0.5, 0.6) is 11.5 Å². The molecule has 1 fully saturated rings. The second-order valence-electron chi connectivity index (χ2n) is 7.09. The molecule has 1 aliphatic carbocycles. The summed E-state index contributed by atoms with van der Waals surface area (Å²) in [6, 6.07) is 4.10. The van der Waals surface area contributed by atoms with E-state index in [1.54, 1.807) is 14.2 Å². The van der Waals surface area contributed by atoms with Crippen LogP contribution < -0.4 is 9.47 Å². The van der Waals surface area contributed by atoms with Crippen molar-refractivity contribution in [2.24, 2.45) is 5.92 Å². The molecule has 0 aliphatic heterocycles. The second-order valence-corrected chi connectivity index (χ2v) is 7.09. The Labute approximate surface area is 132 Å². The number of methoxy groups -OCH3 is 2. The number of hydrogen-bond donors (Lipinski definition) is 1. The van der Waals surface area contributed by atoms with E-state index in [2.05, 4.69) is 26.8 Å². The lowest BCUT2D eigenvalue weighted by atomic mass is 9.82. The molecule has 4 heteroatoms. The standard InChI is InChI=1S/C18H26O4/c1-18(2,3)12-8-14(17(22-5)15(9-12)21-4)13(10-16(19)20)11-6-7-11/h8-9,11,13H,6-7,10H2,1-5H3,(H,19,20). The van der Waals surface area contributed by atoms with Gasteiger partial charge in [-0.05, 0) is 35.8 Å². The van der Waals surface area contributed by atoms with E-state index in [-0.39, 0.29) is 17.8 Å². The van der Waals surface area contributed by atoms with Gasteiger partial charge in [-0.1, -0.05) is 26.8 Å². The smallest absolute Gasteiger partial charge is 0.303 e. The zero-order valence-electron chi connectivity index (χ0n) is 14.1. The number of carboxylic acid groups (broad SMARTS) is 1. The van der Waals surface area contributed by atoms with Gasteiger partial charge in [0.25, 0.3) is 0 Å². The van der Waals surface area contributed by atoms with Gasteiger partial charge in [0, 0.05) is 11.5 Å². The monoisotopic (exact) mass is 306 g/mol. The molecule has 0 radical (unpaired) electrons. The first-order valence-corrected chi connectivity index (χ1v) is 7.76. The Hall–Kier alpha value is -1.71. The Bertz CT molecular complexity index is 553. The van der Waals surface area contributed by atoms with Crippen LogP contribution in [0.15, 0.2) is 12.1 Å². The summed E-state index contributed by atoms with van der Waals surface area (Å²) in [4.78, 5) is 11.3. The number of aliphatic carboxylic acids is 1. The predicted molar refractivity (Wildman–Crippen MR) is 86.0 cm³/mol. The third-order valence-electron chi connectivity index (χ3n) is 4.36. The molecule has 0 amide bonds. The fourth-order valence-corrected chi connectivity index (χ4v) is 2.92. The van der Waals surface area contributed by atoms with E-state index in [1.165, 1.54) is 0 Å². The van der Waals surface area contributed by atoms with Crippen LogP contribution in [0, 0.1) is 5.92 Å². The zero-order chi connectivity index (χ0) is 16.5. The van der Waals surface area contributed by atoms with E-state index in [4.69, 9.17) is 9.47 Å². The fraction of sp³-hybridized carbons (Fsp3) is 0.611. The molecule has 1 aromatic rings. The van der Waals surface area contributed by atoms with E-state index >= 15 is 0 Å². The number of benzene rings is 1. The van der Waals surface area contributed by atoms with Crippen LogP contribution in [-0.4, -0.2) is 25.3 Å². The Morgan fingerprint density at radius 3 is 2.32 bits per heavy atom. The van der Waals surface area contributed by atoms with E-state index in [0.717, 1.165) is 24.0 Å². The van der Waals surface area contributed by atoms with Crippen molar-refractivity contribution in [3.63, 3.8) is 0 Å². The Morgan fingerprint density at radius 2 is 1.91 bits per heavy atom. The van der Waals surface area contributed by atoms with Gasteiger partial charge in [0.15, 0.2) is 11.5 Å². The molecule has 0 aromatic heterocycles. The molecular weight excluding hydrogens is 280 g/mol. The summed E-state index contributed by atoms with van der Waals surface area (Å²) in [7, 11) is 3.24. The molecule has 1 N–H and O–H groups in total. The maximum Gasteiger partial charge on any atom is 0.303 e. The van der Waals surface area contributed by atoms with Crippen LogP contribution in [-0.2, 0) is 10.2 Å². The van der Waals surface area contributed by atoms with Gasteiger partial charge in [0.05, 0.1) is 20.6 Å². The van der Waals surface area contributed by atoms with Crippen molar-refractivity contribution in [2.45, 2.75) is 51.4 Å². The second kappa shape index (κ2) is 6.19. The molecule has 1 atom stereocenters. The highest BCUT2D eigenvalue weighted by atomic mass is 16.5. The number of ether oxygens (including phenoxy) is 2. The van der Waals surface area contributed by atoms with E-state index in [0.29, 0.717) is 17.4 Å². The molecule has 2 rings (SSSR count). The quantitative estimate of drug-likeness (QED) is 0.864. The third-order valence-corrected chi connectivity index (χ3v) is 4.36. The lowest BCUT2D eigenvalue weighted by Crippen LogP contribution is -2.15. The van der Waals surface area contributed by atoms with Crippen molar-refractivity contribution >= 4 is 5.97 Å². The van der Waals surface area contributed by atoms with Gasteiger partial charge in [-0.25, -0.2) is 0 Å². The van der Waals surface area contributed by atoms with Gasteiger partial charge in [-0.15, -0.1) is 0 Å². The Balaban J connectivity index is 2.57. The molecular formula is C18H26O4. The molecule has 22 heavy (non-hydrogen) atoms. The van der Waals surface area contributed by atoms with Crippen molar-refractivity contribution < 1.29 is 19.4 Å². The highest BCUT2D eigenvalue weighted by Gasteiger charge is 2.36. The molecule has 0 bridgehead atoms. The summed E-state index contributed by atoms with van der Waals surface area (Å²) in [5.41, 5.74) is 2.07. The first-order valence-electron chi connectivity index (χ1n) is 7.76. The van der Waals surface area contributed by atoms with Crippen molar-refractivity contribution in [3.05, 3.63) is 23.3 Å². The minimum Gasteiger partial charge on any atom is -0.493 e. The Morgan fingerprint density at radius 1 is 1.27 bits per heavy atom. The molecule has 4 nitrogen and oxygen atoms in total. The minimum absolute atomic E-state index is 0.0105. The van der Waals surface area contributed by atoms with E-state index < -0.39 is 5.97 Å². The van der Waals surface area contributed by atoms with Crippen LogP contribution in [0.1, 0.15) is 57.1 Å². The highest BCUT2D eigenvalue weighted by Crippen LogP contribution is 2.50. The number of rotatable bonds is 6. The van der Waals surface area contributed by atoms with Crippen molar-refractivity contribution in [3.8, 4) is 11.5 Å². The van der Waals surface area contributed by atoms with Gasteiger partial charge < -0.3 is 14.6 Å². The third kappa shape index (κ3) is 3.54. The molecule has 0 saturated heterocycles. The average Bonchev–Trinajstić information content (AvgIpc) is 3.26. The molecule has 1 unspecified atom stereocenters. The first-order chi connectivity index (χ1) is 10.3. The molecule has 1 aromatic carbocycles. The van der Waals surface area contributed by atoms with E-state index in [1.807, 2.05) is 6.07 Å². The van der Waals surface area contributed by atoms with Crippen molar-refractivity contribution in [2.75, 3.05) is 14.2 Å². The zero-order valence-corrected chi connectivity index (χ0v) is 14.1. The maximum absolute atomic E-state index is 11.3. The molecule has 1 saturated carbocycles. The van der Waals surface area contributed by atoms with Crippen LogP contribution in [0.3, 0.4) is 0 Å². The number of carbonyl (C=O) groups is 1. The highest BCUT2D eigenvalue weighted by molar-refractivity contribution is 5.69. The summed E-state index contributed by atoms with van der Waals surface area (Å²) in [6.45, 7) is 6.42. The predicted octanol–water partition coefficient (Wildman–Crippen LogP) is 3.97. The summed E-state index contributed by atoms with van der Waals surface area (Å²) in [6.07, 6.45) is 2.31. The van der Waals surface area contributed by atoms with Crippen molar-refractivity contribution in [1.29, 1.82) is 0 Å². The van der Waals surface area contributed by atoms with Gasteiger partial charge in [-0.3, -0.25) is 4.79 Å². The van der Waals surface area contributed by atoms with Crippen molar-refractivity contribution in [1.82, 2.24) is 0 Å². The van der Waals surface area contributed by atoms with Crippen LogP contribution in [0.2, 0.25) is 0 Å². The Kier molecular flexibility index (Phi) is 4.69. The van der Waals surface area contributed by atoms with Crippen LogP contribution >= 0.6 is 0 Å². The largest absolute Gasteiger partial charge is 0.493 e. The van der Waals surface area contributed by atoms with Gasteiger partial charge in [0.1, 0.15) is 0 Å². The maximum atomic E-state index is 11.3. The summed E-state index contributed by atoms with van der Waals surface area (Å²) < 4.78 is 11.1. The minimum atomic E-state index is -0.765. The van der Waals surface area contributed by atoms with Gasteiger partial charge >= 0.3 is 5.97 Å². The SMILES string of the molecule is COc1cc(C(C)(C)C)cc(C(CC(=O)O)C2CC2)c1OC. The summed E-state index contributed by atoms with van der Waals surface area (Å²) in [5.74, 6) is 1.02. The lowest BCUT2D eigenvalue weighted by Gasteiger charge is -2.26.